The summed E-state index contributed by atoms with van der Waals surface area (Å²) in [4.78, 5) is 18.8. The highest BCUT2D eigenvalue weighted by atomic mass is 16.5. The van der Waals surface area contributed by atoms with Crippen LogP contribution in [0.4, 0.5) is 0 Å². The van der Waals surface area contributed by atoms with Gasteiger partial charge in [-0.25, -0.2) is 0 Å². The number of amides is 1. The van der Waals surface area contributed by atoms with Gasteiger partial charge < -0.3 is 14.4 Å². The minimum absolute atomic E-state index is 0.0131. The van der Waals surface area contributed by atoms with Gasteiger partial charge in [-0.15, -0.1) is 0 Å². The molecule has 0 aliphatic carbocycles. The fourth-order valence-corrected chi connectivity index (χ4v) is 3.45. The zero-order chi connectivity index (χ0) is 18.5. The van der Waals surface area contributed by atoms with Crippen molar-refractivity contribution in [2.45, 2.75) is 45.3 Å². The third-order valence-electron chi connectivity index (χ3n) is 4.98. The van der Waals surface area contributed by atoms with Crippen molar-refractivity contribution < 1.29 is 14.3 Å². The van der Waals surface area contributed by atoms with E-state index in [1.807, 2.05) is 30.9 Å². The predicted molar refractivity (Wildman–Crippen MR) is 97.0 cm³/mol. The van der Waals surface area contributed by atoms with Gasteiger partial charge in [-0.2, -0.15) is 5.10 Å². The number of nitrogens with one attached hydrogen (secondary N) is 1. The van der Waals surface area contributed by atoms with Crippen molar-refractivity contribution in [2.75, 3.05) is 20.3 Å². The van der Waals surface area contributed by atoms with Crippen molar-refractivity contribution in [2.24, 2.45) is 0 Å². The Morgan fingerprint density at radius 3 is 2.92 bits per heavy atom. The lowest BCUT2D eigenvalue weighted by atomic mass is 10.1. The van der Waals surface area contributed by atoms with E-state index in [9.17, 15) is 4.79 Å². The number of H-pyrrole nitrogens is 1. The fourth-order valence-electron chi connectivity index (χ4n) is 3.45. The number of aryl methyl sites for hydroxylation is 2. The maximum Gasteiger partial charge on any atom is 0.223 e. The molecule has 0 saturated carbocycles. The van der Waals surface area contributed by atoms with Gasteiger partial charge in [-0.1, -0.05) is 0 Å². The van der Waals surface area contributed by atoms with Gasteiger partial charge in [0.2, 0.25) is 5.91 Å². The molecule has 3 heterocycles. The van der Waals surface area contributed by atoms with E-state index >= 15 is 0 Å². The molecule has 7 nitrogen and oxygen atoms in total. The highest BCUT2D eigenvalue weighted by molar-refractivity contribution is 5.77. The van der Waals surface area contributed by atoms with Gasteiger partial charge in [0, 0.05) is 32.0 Å². The van der Waals surface area contributed by atoms with Gasteiger partial charge in [0.05, 0.1) is 24.0 Å². The average molecular weight is 358 g/mol. The van der Waals surface area contributed by atoms with Crippen molar-refractivity contribution in [1.29, 1.82) is 0 Å². The van der Waals surface area contributed by atoms with Crippen molar-refractivity contribution in [1.82, 2.24) is 20.1 Å². The van der Waals surface area contributed by atoms with Crippen LogP contribution in [0.15, 0.2) is 24.5 Å². The summed E-state index contributed by atoms with van der Waals surface area (Å²) in [6.07, 6.45) is 5.38. The van der Waals surface area contributed by atoms with E-state index in [4.69, 9.17) is 9.47 Å². The lowest BCUT2D eigenvalue weighted by molar-refractivity contribution is -0.132. The van der Waals surface area contributed by atoms with Crippen LogP contribution < -0.4 is 4.74 Å². The van der Waals surface area contributed by atoms with Crippen molar-refractivity contribution >= 4 is 5.91 Å². The van der Waals surface area contributed by atoms with Crippen LogP contribution in [0.2, 0.25) is 0 Å². The Morgan fingerprint density at radius 1 is 1.42 bits per heavy atom. The quantitative estimate of drug-likeness (QED) is 0.819. The number of carbonyl (C=O) groups is 1. The zero-order valence-corrected chi connectivity index (χ0v) is 15.6. The molecule has 1 saturated heterocycles. The molecule has 0 bridgehead atoms. The van der Waals surface area contributed by atoms with Crippen LogP contribution in [-0.4, -0.2) is 58.4 Å². The lowest BCUT2D eigenvalue weighted by Crippen LogP contribution is -2.39. The molecular formula is C19H26N4O3. The number of nitrogens with zero attached hydrogens (tertiary/aromatic N) is 3. The van der Waals surface area contributed by atoms with Gasteiger partial charge in [-0.05, 0) is 44.4 Å². The Labute approximate surface area is 153 Å². The zero-order valence-electron chi connectivity index (χ0n) is 15.6. The molecule has 0 radical (unpaired) electrons. The van der Waals surface area contributed by atoms with E-state index in [1.54, 1.807) is 19.5 Å². The maximum atomic E-state index is 12.8. The van der Waals surface area contributed by atoms with Gasteiger partial charge in [0.1, 0.15) is 12.4 Å². The third kappa shape index (κ3) is 4.22. The van der Waals surface area contributed by atoms with Crippen LogP contribution in [0.1, 0.15) is 29.8 Å². The van der Waals surface area contributed by atoms with E-state index < -0.39 is 0 Å². The summed E-state index contributed by atoms with van der Waals surface area (Å²) in [6.45, 7) is 5.01. The molecular weight excluding hydrogens is 332 g/mol. The maximum absolute atomic E-state index is 12.8. The molecule has 1 N–H and O–H groups in total. The predicted octanol–water partition coefficient (Wildman–Crippen LogP) is 2.05. The van der Waals surface area contributed by atoms with E-state index in [0.717, 1.165) is 23.4 Å². The topological polar surface area (TPSA) is 80.3 Å². The Bertz CT molecular complexity index is 712. The summed E-state index contributed by atoms with van der Waals surface area (Å²) in [7, 11) is 1.69. The standard InChI is InChI=1S/C19H26N4O3/c1-13-18(14(2)22-21-13)6-7-19(24)23-11-17(25-3)9-15(23)12-26-16-5-4-8-20-10-16/h4-5,8,10,15,17H,6-7,9,11-12H2,1-3H3,(H,21,22)/t15-,17+/m0/s1. The van der Waals surface area contributed by atoms with Crippen LogP contribution in [0, 0.1) is 13.8 Å². The van der Waals surface area contributed by atoms with E-state index in [1.165, 1.54) is 0 Å². The van der Waals surface area contributed by atoms with Crippen LogP contribution in [0.25, 0.3) is 0 Å². The van der Waals surface area contributed by atoms with Crippen molar-refractivity contribution in [3.05, 3.63) is 41.5 Å². The molecule has 2 atom stereocenters. The first-order valence-electron chi connectivity index (χ1n) is 8.94. The average Bonchev–Trinajstić information content (AvgIpc) is 3.22. The number of methoxy groups -OCH3 is 1. The summed E-state index contributed by atoms with van der Waals surface area (Å²) in [5.74, 6) is 0.842. The molecule has 0 aromatic carbocycles. The molecule has 0 spiro atoms. The second kappa shape index (κ2) is 8.31. The first-order chi connectivity index (χ1) is 12.6. The molecule has 1 fully saturated rings. The fraction of sp³-hybridized carbons (Fsp3) is 0.526. The summed E-state index contributed by atoms with van der Waals surface area (Å²) < 4.78 is 11.3. The second-order valence-electron chi connectivity index (χ2n) is 6.71. The van der Waals surface area contributed by atoms with E-state index in [-0.39, 0.29) is 18.1 Å². The first kappa shape index (κ1) is 18.4. The molecule has 7 heteroatoms. The molecule has 3 rings (SSSR count). The van der Waals surface area contributed by atoms with E-state index in [0.29, 0.717) is 31.7 Å². The molecule has 1 amide bonds. The molecule has 2 aromatic rings. The number of aromatic nitrogens is 3. The van der Waals surface area contributed by atoms with Crippen LogP contribution >= 0.6 is 0 Å². The number of hydrogen-bond acceptors (Lipinski definition) is 5. The van der Waals surface area contributed by atoms with Gasteiger partial charge >= 0.3 is 0 Å². The van der Waals surface area contributed by atoms with Gasteiger partial charge in [0.25, 0.3) is 0 Å². The smallest absolute Gasteiger partial charge is 0.223 e. The normalized spacial score (nSPS) is 19.7. The number of likely N-dealkylation sites (tertiary alicyclic amines) is 1. The van der Waals surface area contributed by atoms with Gasteiger partial charge in [0.15, 0.2) is 0 Å². The summed E-state index contributed by atoms with van der Waals surface area (Å²) in [5, 5.41) is 7.17. The minimum atomic E-state index is 0.0131. The number of ether oxygens (including phenoxy) is 2. The Morgan fingerprint density at radius 2 is 2.27 bits per heavy atom. The third-order valence-corrected chi connectivity index (χ3v) is 4.98. The number of rotatable bonds is 7. The molecule has 2 aromatic heterocycles. The monoisotopic (exact) mass is 358 g/mol. The Balaban J connectivity index is 1.60. The number of carbonyl (C=O) groups excluding carboxylic acids is 1. The minimum Gasteiger partial charge on any atom is -0.490 e. The molecule has 1 aliphatic rings. The lowest BCUT2D eigenvalue weighted by Gasteiger charge is -2.24. The largest absolute Gasteiger partial charge is 0.490 e. The number of aromatic amines is 1. The van der Waals surface area contributed by atoms with Crippen molar-refractivity contribution in [3.63, 3.8) is 0 Å². The highest BCUT2D eigenvalue weighted by Gasteiger charge is 2.35. The first-order valence-corrected chi connectivity index (χ1v) is 8.94. The Kier molecular flexibility index (Phi) is 5.88. The van der Waals surface area contributed by atoms with E-state index in [2.05, 4.69) is 15.2 Å². The summed E-state index contributed by atoms with van der Waals surface area (Å²) >= 11 is 0. The SMILES string of the molecule is CO[C@@H]1C[C@@H](COc2cccnc2)N(C(=O)CCc2c(C)n[nH]c2C)C1. The molecule has 26 heavy (non-hydrogen) atoms. The Hall–Kier alpha value is -2.41. The van der Waals surface area contributed by atoms with Crippen LogP contribution in [0.5, 0.6) is 5.75 Å². The van der Waals surface area contributed by atoms with Crippen molar-refractivity contribution in [3.8, 4) is 5.75 Å². The molecule has 140 valence electrons. The highest BCUT2D eigenvalue weighted by Crippen LogP contribution is 2.23. The molecule has 0 unspecified atom stereocenters. The van der Waals surface area contributed by atoms with Crippen LogP contribution in [-0.2, 0) is 16.0 Å². The second-order valence-corrected chi connectivity index (χ2v) is 6.71. The molecule has 1 aliphatic heterocycles. The van der Waals surface area contributed by atoms with Gasteiger partial charge in [-0.3, -0.25) is 14.9 Å². The summed E-state index contributed by atoms with van der Waals surface area (Å²) in [6, 6.07) is 3.71. The number of pyridine rings is 1. The number of hydrogen-bond donors (Lipinski definition) is 1. The van der Waals surface area contributed by atoms with Crippen LogP contribution in [0.3, 0.4) is 0 Å². The summed E-state index contributed by atoms with van der Waals surface area (Å²) in [5.41, 5.74) is 3.12.